The van der Waals surface area contributed by atoms with Crippen LogP contribution in [-0.2, 0) is 14.6 Å². The Bertz CT molecular complexity index is 664. The second kappa shape index (κ2) is 9.59. The van der Waals surface area contributed by atoms with Gasteiger partial charge in [0.2, 0.25) is 0 Å². The number of rotatable bonds is 11. The fourth-order valence-electron chi connectivity index (χ4n) is 2.35. The van der Waals surface area contributed by atoms with Gasteiger partial charge in [0.15, 0.2) is 5.78 Å². The summed E-state index contributed by atoms with van der Waals surface area (Å²) < 4.78 is 27.8. The van der Waals surface area contributed by atoms with Crippen molar-refractivity contribution in [2.24, 2.45) is 0 Å². The predicted molar refractivity (Wildman–Crippen MR) is 95.2 cm³/mol. The average Bonchev–Trinajstić information content (AvgIpc) is 2.48. The molecule has 6 heteroatoms. The zero-order valence-corrected chi connectivity index (χ0v) is 15.1. The summed E-state index contributed by atoms with van der Waals surface area (Å²) in [7, 11) is -2.88. The molecule has 0 spiro atoms. The van der Waals surface area contributed by atoms with E-state index >= 15 is 0 Å². The van der Waals surface area contributed by atoms with Crippen LogP contribution in [0, 0.1) is 0 Å². The Morgan fingerprint density at radius 1 is 1.29 bits per heavy atom. The minimum absolute atomic E-state index is 0.0591. The molecule has 134 valence electrons. The van der Waals surface area contributed by atoms with Crippen LogP contribution in [0.3, 0.4) is 0 Å². The number of phenolic OH excluding ortho intramolecular Hbond substituents is 1. The summed E-state index contributed by atoms with van der Waals surface area (Å²) in [6.07, 6.45) is 5.78. The molecule has 0 heterocycles. The van der Waals surface area contributed by atoms with E-state index in [1.54, 1.807) is 18.2 Å². The van der Waals surface area contributed by atoms with Crippen molar-refractivity contribution in [2.75, 3.05) is 18.6 Å². The van der Waals surface area contributed by atoms with Crippen LogP contribution in [0.25, 0.3) is 0 Å². The average molecular weight is 354 g/mol. The van der Waals surface area contributed by atoms with E-state index in [0.29, 0.717) is 13.0 Å². The van der Waals surface area contributed by atoms with Crippen LogP contribution in [0.15, 0.2) is 30.9 Å². The van der Waals surface area contributed by atoms with Gasteiger partial charge in [-0.25, -0.2) is 8.42 Å². The van der Waals surface area contributed by atoms with E-state index in [2.05, 4.69) is 6.58 Å². The first-order valence-corrected chi connectivity index (χ1v) is 10.1. The maximum Gasteiger partial charge on any atom is 0.163 e. The first kappa shape index (κ1) is 20.4. The van der Waals surface area contributed by atoms with E-state index in [-0.39, 0.29) is 29.0 Å². The van der Waals surface area contributed by atoms with Crippen LogP contribution >= 0.6 is 0 Å². The number of sulfone groups is 1. The Labute approximate surface area is 144 Å². The van der Waals surface area contributed by atoms with Gasteiger partial charge in [-0.3, -0.25) is 4.79 Å². The molecule has 1 aromatic rings. The lowest BCUT2D eigenvalue weighted by atomic mass is 10.0. The van der Waals surface area contributed by atoms with Crippen LogP contribution in [-0.4, -0.2) is 37.9 Å². The maximum atomic E-state index is 11.3. The molecule has 0 saturated heterocycles. The van der Waals surface area contributed by atoms with Gasteiger partial charge in [0.05, 0.1) is 5.56 Å². The lowest BCUT2D eigenvalue weighted by molar-refractivity contribution is 0.0819. The molecule has 0 aliphatic rings. The molecule has 1 aromatic carbocycles. The number of ether oxygens (including phenoxy) is 1. The summed E-state index contributed by atoms with van der Waals surface area (Å²) >= 11 is 0. The summed E-state index contributed by atoms with van der Waals surface area (Å²) in [5.74, 6) is -0.0225. The highest BCUT2D eigenvalue weighted by Crippen LogP contribution is 2.26. The van der Waals surface area contributed by atoms with Gasteiger partial charge in [0.1, 0.15) is 21.7 Å². The summed E-state index contributed by atoms with van der Waals surface area (Å²) in [5, 5.41) is 9.88. The van der Waals surface area contributed by atoms with E-state index in [1.807, 2.05) is 0 Å². The second-order valence-corrected chi connectivity index (χ2v) is 8.16. The van der Waals surface area contributed by atoms with Crippen molar-refractivity contribution >= 4 is 15.6 Å². The van der Waals surface area contributed by atoms with E-state index in [9.17, 15) is 18.3 Å². The lowest BCUT2D eigenvalue weighted by Gasteiger charge is -2.15. The highest BCUT2D eigenvalue weighted by atomic mass is 32.2. The summed E-state index contributed by atoms with van der Waals surface area (Å²) in [6, 6.07) is 4.85. The van der Waals surface area contributed by atoms with Crippen LogP contribution in [0.2, 0.25) is 0 Å². The molecule has 5 nitrogen and oxygen atoms in total. The molecular weight excluding hydrogens is 328 g/mol. The standard InChI is InChI=1S/C18H26O5S/c1-4-18(15-9-10-16(14(2)19)17(20)13-15)23-11-7-5-6-8-12-24(3,21)22/h4,9-10,13,18,20H,1,5-8,11-12H2,2-3H3. The molecule has 0 fully saturated rings. The van der Waals surface area contributed by atoms with E-state index < -0.39 is 9.84 Å². The number of hydrogen-bond acceptors (Lipinski definition) is 5. The third-order valence-corrected chi connectivity index (χ3v) is 4.68. The molecule has 0 amide bonds. The molecule has 0 radical (unpaired) electrons. The normalized spacial score (nSPS) is 12.8. The number of carbonyl (C=O) groups is 1. The first-order valence-electron chi connectivity index (χ1n) is 8.00. The van der Waals surface area contributed by atoms with Crippen LogP contribution < -0.4 is 0 Å². The van der Waals surface area contributed by atoms with Crippen molar-refractivity contribution in [2.45, 2.75) is 38.7 Å². The Balaban J connectivity index is 2.41. The summed E-state index contributed by atoms with van der Waals surface area (Å²) in [6.45, 7) is 5.66. The topological polar surface area (TPSA) is 80.7 Å². The van der Waals surface area contributed by atoms with Gasteiger partial charge in [-0.15, -0.1) is 6.58 Å². The maximum absolute atomic E-state index is 11.3. The number of hydrogen-bond donors (Lipinski definition) is 1. The number of Topliss-reactive ketones (excluding diaryl/α,β-unsaturated/α-hetero) is 1. The fraction of sp³-hybridized carbons (Fsp3) is 0.500. The van der Waals surface area contributed by atoms with Crippen molar-refractivity contribution in [1.82, 2.24) is 0 Å². The molecule has 1 atom stereocenters. The molecule has 1 N–H and O–H groups in total. The predicted octanol–water partition coefficient (Wildman–Crippen LogP) is 3.44. The van der Waals surface area contributed by atoms with Gasteiger partial charge in [-0.05, 0) is 37.5 Å². The summed E-state index contributed by atoms with van der Waals surface area (Å²) in [4.78, 5) is 11.3. The van der Waals surface area contributed by atoms with Crippen molar-refractivity contribution in [3.63, 3.8) is 0 Å². The number of unbranched alkanes of at least 4 members (excludes halogenated alkanes) is 3. The first-order chi connectivity index (χ1) is 11.2. The zero-order valence-electron chi connectivity index (χ0n) is 14.3. The number of benzene rings is 1. The molecule has 1 rings (SSSR count). The van der Waals surface area contributed by atoms with Crippen molar-refractivity contribution in [3.8, 4) is 5.75 Å². The Hall–Kier alpha value is -1.66. The van der Waals surface area contributed by atoms with Crippen LogP contribution in [0.4, 0.5) is 0 Å². The molecule has 0 bridgehead atoms. The molecule has 0 aliphatic heterocycles. The van der Waals surface area contributed by atoms with E-state index in [4.69, 9.17) is 4.74 Å². The van der Waals surface area contributed by atoms with Crippen molar-refractivity contribution in [1.29, 1.82) is 0 Å². The van der Waals surface area contributed by atoms with Gasteiger partial charge in [-0.2, -0.15) is 0 Å². The Morgan fingerprint density at radius 2 is 1.96 bits per heavy atom. The lowest BCUT2D eigenvalue weighted by Crippen LogP contribution is -2.05. The van der Waals surface area contributed by atoms with Gasteiger partial charge in [-0.1, -0.05) is 25.0 Å². The minimum Gasteiger partial charge on any atom is -0.507 e. The largest absolute Gasteiger partial charge is 0.507 e. The minimum atomic E-state index is -2.88. The Kier molecular flexibility index (Phi) is 8.15. The zero-order chi connectivity index (χ0) is 18.2. The molecule has 0 saturated carbocycles. The third kappa shape index (κ3) is 7.27. The quantitative estimate of drug-likeness (QED) is 0.374. The molecule has 0 aliphatic carbocycles. The molecular formula is C18H26O5S. The van der Waals surface area contributed by atoms with E-state index in [1.165, 1.54) is 19.2 Å². The monoisotopic (exact) mass is 354 g/mol. The molecule has 1 unspecified atom stereocenters. The van der Waals surface area contributed by atoms with Crippen molar-refractivity contribution < 1.29 is 23.1 Å². The van der Waals surface area contributed by atoms with E-state index in [0.717, 1.165) is 24.8 Å². The third-order valence-electron chi connectivity index (χ3n) is 3.65. The van der Waals surface area contributed by atoms with Gasteiger partial charge in [0.25, 0.3) is 0 Å². The highest BCUT2D eigenvalue weighted by molar-refractivity contribution is 7.90. The number of phenols is 1. The van der Waals surface area contributed by atoms with Gasteiger partial charge in [0, 0.05) is 18.6 Å². The SMILES string of the molecule is C=CC(OCCCCCCS(C)(=O)=O)c1ccc(C(C)=O)c(O)c1. The van der Waals surface area contributed by atoms with Gasteiger partial charge < -0.3 is 9.84 Å². The van der Waals surface area contributed by atoms with Gasteiger partial charge >= 0.3 is 0 Å². The van der Waals surface area contributed by atoms with Crippen molar-refractivity contribution in [3.05, 3.63) is 42.0 Å². The smallest absolute Gasteiger partial charge is 0.163 e. The number of carbonyl (C=O) groups excluding carboxylic acids is 1. The molecule has 0 aromatic heterocycles. The number of ketones is 1. The Morgan fingerprint density at radius 3 is 2.50 bits per heavy atom. The molecule has 24 heavy (non-hydrogen) atoms. The summed E-state index contributed by atoms with van der Waals surface area (Å²) in [5.41, 5.74) is 1.03. The van der Waals surface area contributed by atoms with Crippen LogP contribution in [0.5, 0.6) is 5.75 Å². The highest BCUT2D eigenvalue weighted by Gasteiger charge is 2.12. The fourth-order valence-corrected chi connectivity index (χ4v) is 3.08. The number of aromatic hydroxyl groups is 1. The van der Waals surface area contributed by atoms with Crippen LogP contribution in [0.1, 0.15) is 54.6 Å². The second-order valence-electron chi connectivity index (χ2n) is 5.90.